The van der Waals surface area contributed by atoms with E-state index in [4.69, 9.17) is 0 Å². The molecule has 0 aliphatic carbocycles. The second-order valence-electron chi connectivity index (χ2n) is 16.0. The van der Waals surface area contributed by atoms with E-state index < -0.39 is 0 Å². The van der Waals surface area contributed by atoms with Crippen LogP contribution in [0.2, 0.25) is 0 Å². The highest BCUT2D eigenvalue weighted by atomic mass is 15.4. The van der Waals surface area contributed by atoms with Crippen LogP contribution in [0, 0.1) is 16.7 Å². The Hall–Kier alpha value is -2.23. The fourth-order valence-corrected chi connectivity index (χ4v) is 9.12. The van der Waals surface area contributed by atoms with Crippen LogP contribution in [-0.2, 0) is 0 Å². The largest absolute Gasteiger partial charge is 0.369 e. The summed E-state index contributed by atoms with van der Waals surface area (Å²) in [6.45, 7) is 27.9. The third-order valence-corrected chi connectivity index (χ3v) is 12.9. The number of hydrogen-bond donors (Lipinski definition) is 1. The third kappa shape index (κ3) is 11.4. The van der Waals surface area contributed by atoms with Gasteiger partial charge in [0, 0.05) is 70.8 Å². The number of nitrogens with one attached hydrogen (secondary N) is 1. The number of aromatic nitrogens is 1. The van der Waals surface area contributed by atoms with Crippen molar-refractivity contribution in [1.82, 2.24) is 29.9 Å². The lowest BCUT2D eigenvalue weighted by molar-refractivity contribution is 0.0251. The SMILES string of the molecule is CC.CC.CN1CCC2(CC1)CCN(CC1CCN(c3ccccn3)CC1)CC2.c1ccc(N2CCN(CN3CCC4(CC3)CNC4)CC2)cc1. The molecule has 1 aromatic carbocycles. The minimum absolute atomic E-state index is 0.669. The molecule has 6 fully saturated rings. The molecule has 8 rings (SSSR count). The van der Waals surface area contributed by atoms with E-state index in [0.717, 1.165) is 24.8 Å². The zero-order valence-corrected chi connectivity index (χ0v) is 33.4. The van der Waals surface area contributed by atoms with Crippen LogP contribution in [0.25, 0.3) is 0 Å². The maximum Gasteiger partial charge on any atom is 0.128 e. The molecule has 1 N–H and O–H groups in total. The number of hydrogen-bond acceptors (Lipinski definition) is 8. The summed E-state index contributed by atoms with van der Waals surface area (Å²) in [5.41, 5.74) is 2.73. The predicted molar refractivity (Wildman–Crippen MR) is 218 cm³/mol. The zero-order chi connectivity index (χ0) is 35.9. The summed E-state index contributed by atoms with van der Waals surface area (Å²) in [5, 5.41) is 3.45. The first kappa shape index (κ1) is 40.0. The van der Waals surface area contributed by atoms with Gasteiger partial charge >= 0.3 is 0 Å². The number of pyridine rings is 1. The van der Waals surface area contributed by atoms with Crippen molar-refractivity contribution in [3.8, 4) is 0 Å². The standard InChI is InChI=1S/C21H34N4.C18H28N4.2C2H6/c1-23-14-7-21(8-15-23)9-16-24(17-10-21)18-19-5-12-25(13-6-19)20-4-2-3-11-22-20;1-2-4-17(5-3-1)22-12-10-21(11-13-22)16-20-8-6-18(7-9-20)14-19-15-18;2*1-2/h2-4,11,19H,5-10,12-18H2,1H3;1-5,19H,6-16H2;2*1-2H3. The van der Waals surface area contributed by atoms with Gasteiger partial charge in [-0.05, 0) is 139 Å². The molecular formula is C43H74N8. The van der Waals surface area contributed by atoms with Crippen molar-refractivity contribution < 1.29 is 0 Å². The Bertz CT molecular complexity index is 1180. The zero-order valence-electron chi connectivity index (χ0n) is 33.4. The van der Waals surface area contributed by atoms with Crippen molar-refractivity contribution >= 4 is 11.5 Å². The van der Waals surface area contributed by atoms with Gasteiger partial charge in [-0.15, -0.1) is 0 Å². The van der Waals surface area contributed by atoms with Gasteiger partial charge in [-0.25, -0.2) is 4.98 Å². The van der Waals surface area contributed by atoms with Gasteiger partial charge in [-0.2, -0.15) is 0 Å². The Kier molecular flexibility index (Phi) is 15.9. The summed E-state index contributed by atoms with van der Waals surface area (Å²) in [7, 11) is 2.28. The fraction of sp³-hybridized carbons (Fsp3) is 0.744. The molecule has 0 saturated carbocycles. The lowest BCUT2D eigenvalue weighted by Gasteiger charge is -2.49. The summed E-state index contributed by atoms with van der Waals surface area (Å²) in [6, 6.07) is 17.1. The molecular weight excluding hydrogens is 629 g/mol. The molecule has 6 aliphatic rings. The van der Waals surface area contributed by atoms with Gasteiger partial charge in [-0.1, -0.05) is 52.0 Å². The van der Waals surface area contributed by atoms with Crippen molar-refractivity contribution in [2.24, 2.45) is 16.7 Å². The van der Waals surface area contributed by atoms with Gasteiger partial charge in [0.25, 0.3) is 0 Å². The van der Waals surface area contributed by atoms with E-state index in [9.17, 15) is 0 Å². The predicted octanol–water partition coefficient (Wildman–Crippen LogP) is 6.61. The molecule has 2 aromatic rings. The topological polar surface area (TPSA) is 44.4 Å². The first-order chi connectivity index (χ1) is 25.1. The summed E-state index contributed by atoms with van der Waals surface area (Å²) in [4.78, 5) is 20.1. The lowest BCUT2D eigenvalue weighted by Crippen LogP contribution is -2.59. The van der Waals surface area contributed by atoms with Crippen LogP contribution in [0.4, 0.5) is 11.5 Å². The maximum absolute atomic E-state index is 4.51. The minimum atomic E-state index is 0.669. The molecule has 0 amide bonds. The average molecular weight is 703 g/mol. The highest BCUT2D eigenvalue weighted by Gasteiger charge is 2.40. The molecule has 0 bridgehead atoms. The van der Waals surface area contributed by atoms with E-state index in [2.05, 4.69) is 89.2 Å². The molecule has 8 heteroatoms. The van der Waals surface area contributed by atoms with Crippen LogP contribution in [-0.4, -0.2) is 136 Å². The Labute approximate surface area is 312 Å². The number of piperazine rings is 1. The number of rotatable bonds is 6. The normalized spacial score (nSPS) is 24.3. The quantitative estimate of drug-likeness (QED) is 0.361. The molecule has 0 radical (unpaired) electrons. The summed E-state index contributed by atoms with van der Waals surface area (Å²) in [5.74, 6) is 2.04. The minimum Gasteiger partial charge on any atom is -0.369 e. The van der Waals surface area contributed by atoms with Crippen LogP contribution >= 0.6 is 0 Å². The van der Waals surface area contributed by atoms with Gasteiger partial charge in [0.15, 0.2) is 0 Å². The smallest absolute Gasteiger partial charge is 0.128 e. The average Bonchev–Trinajstić information content (AvgIpc) is 3.20. The van der Waals surface area contributed by atoms with Crippen LogP contribution in [0.1, 0.15) is 79.1 Å². The van der Waals surface area contributed by atoms with Crippen molar-refractivity contribution in [3.63, 3.8) is 0 Å². The lowest BCUT2D eigenvalue weighted by atomic mass is 9.71. The van der Waals surface area contributed by atoms with Crippen molar-refractivity contribution in [2.45, 2.75) is 79.1 Å². The molecule has 2 spiro atoms. The molecule has 8 nitrogen and oxygen atoms in total. The number of benzene rings is 1. The summed E-state index contributed by atoms with van der Waals surface area (Å²) >= 11 is 0. The first-order valence-corrected chi connectivity index (χ1v) is 21.1. The van der Waals surface area contributed by atoms with E-state index in [1.54, 1.807) is 0 Å². The van der Waals surface area contributed by atoms with Crippen molar-refractivity contribution in [2.75, 3.05) is 122 Å². The Morgan fingerprint density at radius 3 is 1.71 bits per heavy atom. The molecule has 51 heavy (non-hydrogen) atoms. The van der Waals surface area contributed by atoms with Crippen molar-refractivity contribution in [1.29, 1.82) is 0 Å². The number of anilines is 2. The van der Waals surface area contributed by atoms with E-state index >= 15 is 0 Å². The Balaban J connectivity index is 0.000000181. The molecule has 6 saturated heterocycles. The van der Waals surface area contributed by atoms with Crippen LogP contribution in [0.15, 0.2) is 54.7 Å². The summed E-state index contributed by atoms with van der Waals surface area (Å²) in [6.07, 6.45) is 13.1. The number of likely N-dealkylation sites (tertiary alicyclic amines) is 3. The van der Waals surface area contributed by atoms with Crippen LogP contribution in [0.5, 0.6) is 0 Å². The van der Waals surface area contributed by atoms with Crippen molar-refractivity contribution in [3.05, 3.63) is 54.7 Å². The van der Waals surface area contributed by atoms with Gasteiger partial charge in [0.1, 0.15) is 5.82 Å². The first-order valence-electron chi connectivity index (χ1n) is 21.1. The van der Waals surface area contributed by atoms with Gasteiger partial charge in [0.2, 0.25) is 0 Å². The van der Waals surface area contributed by atoms with Gasteiger partial charge in [0.05, 0.1) is 6.67 Å². The van der Waals surface area contributed by atoms with E-state index in [1.807, 2.05) is 40.0 Å². The monoisotopic (exact) mass is 703 g/mol. The molecule has 286 valence electrons. The van der Waals surface area contributed by atoms with E-state index in [0.29, 0.717) is 10.8 Å². The molecule has 6 aliphatic heterocycles. The second kappa shape index (κ2) is 20.3. The number of para-hydroxylation sites is 1. The molecule has 0 atom stereocenters. The summed E-state index contributed by atoms with van der Waals surface area (Å²) < 4.78 is 0. The highest BCUT2D eigenvalue weighted by Crippen LogP contribution is 2.41. The fourth-order valence-electron chi connectivity index (χ4n) is 9.12. The number of nitrogens with zero attached hydrogens (tertiary/aromatic N) is 7. The highest BCUT2D eigenvalue weighted by molar-refractivity contribution is 5.46. The van der Waals surface area contributed by atoms with Crippen LogP contribution in [0.3, 0.4) is 0 Å². The molecule has 0 unspecified atom stereocenters. The van der Waals surface area contributed by atoms with E-state index in [1.165, 1.54) is 149 Å². The van der Waals surface area contributed by atoms with Crippen LogP contribution < -0.4 is 15.1 Å². The van der Waals surface area contributed by atoms with Gasteiger partial charge in [-0.3, -0.25) is 9.80 Å². The molecule has 7 heterocycles. The maximum atomic E-state index is 4.51. The second-order valence-corrected chi connectivity index (χ2v) is 16.0. The van der Waals surface area contributed by atoms with Gasteiger partial charge < -0.3 is 24.9 Å². The Morgan fingerprint density at radius 1 is 0.588 bits per heavy atom. The molecule has 1 aromatic heterocycles. The van der Waals surface area contributed by atoms with E-state index in [-0.39, 0.29) is 0 Å². The third-order valence-electron chi connectivity index (χ3n) is 12.9. The number of piperidine rings is 4. The Morgan fingerprint density at radius 2 is 1.14 bits per heavy atom.